The Morgan fingerprint density at radius 1 is 1.23 bits per heavy atom. The lowest BCUT2D eigenvalue weighted by Gasteiger charge is -2.19. The maximum Gasteiger partial charge on any atom is 0.471 e. The van der Waals surface area contributed by atoms with Gasteiger partial charge < -0.3 is 20.5 Å². The van der Waals surface area contributed by atoms with Gasteiger partial charge in [-0.05, 0) is 25.0 Å². The van der Waals surface area contributed by atoms with Crippen molar-refractivity contribution in [2.24, 2.45) is 0 Å². The number of halogens is 5. The molecule has 30 heavy (non-hydrogen) atoms. The summed E-state index contributed by atoms with van der Waals surface area (Å²) in [5, 5.41) is 12.4. The lowest BCUT2D eigenvalue weighted by atomic mass is 10.0. The minimum atomic E-state index is -5.24. The number of carbonyl (C=O) groups excluding carboxylic acids is 1. The van der Waals surface area contributed by atoms with E-state index in [0.717, 1.165) is 0 Å². The molecule has 0 saturated carbocycles. The largest absolute Gasteiger partial charge is 0.487 e. The van der Waals surface area contributed by atoms with Gasteiger partial charge in [0.25, 0.3) is 0 Å². The van der Waals surface area contributed by atoms with Gasteiger partial charge in [-0.15, -0.1) is 0 Å². The van der Waals surface area contributed by atoms with E-state index < -0.39 is 35.7 Å². The Morgan fingerprint density at radius 3 is 2.43 bits per heavy atom. The first kappa shape index (κ1) is 23.5. The molecular weight excluding hydrogens is 476 g/mol. The molecular formula is C19H17BrF4N2O4. The Labute approximate surface area is 177 Å². The maximum atomic E-state index is 15.1. The first-order chi connectivity index (χ1) is 14.0. The Kier molecular flexibility index (Phi) is 7.65. The van der Waals surface area contributed by atoms with Crippen LogP contribution in [-0.2, 0) is 17.8 Å². The smallest absolute Gasteiger partial charge is 0.471 e. The van der Waals surface area contributed by atoms with Crippen LogP contribution in [0.2, 0.25) is 0 Å². The average Bonchev–Trinajstić information content (AvgIpc) is 2.65. The Hall–Kier alpha value is -2.82. The SMILES string of the molecule is C[C@@H](Cc1c(Br)cc(OCc2ccccc2)c(NC(=O)C(F)(F)F)c1F)NC(=O)O. The molecule has 0 aliphatic carbocycles. The van der Waals surface area contributed by atoms with Crippen molar-refractivity contribution in [3.05, 3.63) is 57.8 Å². The summed E-state index contributed by atoms with van der Waals surface area (Å²) in [6.07, 6.45) is -6.77. The molecule has 0 saturated heterocycles. The van der Waals surface area contributed by atoms with Gasteiger partial charge in [0.1, 0.15) is 18.0 Å². The molecule has 0 heterocycles. The molecule has 0 spiro atoms. The number of amides is 2. The molecule has 162 valence electrons. The number of carboxylic acid groups (broad SMARTS) is 1. The van der Waals surface area contributed by atoms with E-state index in [1.165, 1.54) is 18.3 Å². The van der Waals surface area contributed by atoms with E-state index in [1.54, 1.807) is 30.3 Å². The normalized spacial score (nSPS) is 12.2. The van der Waals surface area contributed by atoms with Crippen molar-refractivity contribution in [3.63, 3.8) is 0 Å². The highest BCUT2D eigenvalue weighted by Gasteiger charge is 2.40. The molecule has 2 aromatic carbocycles. The minimum absolute atomic E-state index is 0.0854. The molecule has 6 nitrogen and oxygen atoms in total. The predicted octanol–water partition coefficient (Wildman–Crippen LogP) is 4.87. The van der Waals surface area contributed by atoms with Crippen LogP contribution in [0.1, 0.15) is 18.1 Å². The fourth-order valence-electron chi connectivity index (χ4n) is 2.54. The molecule has 0 aliphatic rings. The van der Waals surface area contributed by atoms with Gasteiger partial charge in [0.2, 0.25) is 0 Å². The lowest BCUT2D eigenvalue weighted by Crippen LogP contribution is -2.33. The highest BCUT2D eigenvalue weighted by molar-refractivity contribution is 9.10. The molecule has 0 bridgehead atoms. The number of alkyl halides is 3. The van der Waals surface area contributed by atoms with Gasteiger partial charge in [0.15, 0.2) is 5.82 Å². The molecule has 2 aromatic rings. The Bertz CT molecular complexity index is 923. The van der Waals surface area contributed by atoms with E-state index in [1.807, 2.05) is 0 Å². The van der Waals surface area contributed by atoms with Crippen molar-refractivity contribution in [1.29, 1.82) is 0 Å². The fourth-order valence-corrected chi connectivity index (χ4v) is 3.09. The third-order valence-electron chi connectivity index (χ3n) is 3.89. The number of ether oxygens (including phenoxy) is 1. The summed E-state index contributed by atoms with van der Waals surface area (Å²) in [6, 6.07) is 9.08. The number of carbonyl (C=O) groups is 2. The fraction of sp³-hybridized carbons (Fsp3) is 0.263. The van der Waals surface area contributed by atoms with Crippen molar-refractivity contribution < 1.29 is 37.0 Å². The quantitative estimate of drug-likeness (QED) is 0.481. The van der Waals surface area contributed by atoms with Gasteiger partial charge in [-0.25, -0.2) is 9.18 Å². The number of rotatable bonds is 7. The van der Waals surface area contributed by atoms with E-state index in [0.29, 0.717) is 5.56 Å². The second-order valence-corrected chi connectivity index (χ2v) is 7.16. The van der Waals surface area contributed by atoms with E-state index >= 15 is 4.39 Å². The summed E-state index contributed by atoms with van der Waals surface area (Å²) >= 11 is 3.13. The number of nitrogens with one attached hydrogen (secondary N) is 2. The van der Waals surface area contributed by atoms with E-state index in [-0.39, 0.29) is 28.8 Å². The van der Waals surface area contributed by atoms with Crippen molar-refractivity contribution in [2.45, 2.75) is 32.2 Å². The van der Waals surface area contributed by atoms with Crippen LogP contribution >= 0.6 is 15.9 Å². The molecule has 1 atom stereocenters. The van der Waals surface area contributed by atoms with Crippen LogP contribution in [0.3, 0.4) is 0 Å². The molecule has 0 aliphatic heterocycles. The zero-order valence-electron chi connectivity index (χ0n) is 15.5. The van der Waals surface area contributed by atoms with E-state index in [2.05, 4.69) is 21.2 Å². The molecule has 0 fully saturated rings. The van der Waals surface area contributed by atoms with Gasteiger partial charge in [0, 0.05) is 16.1 Å². The first-order valence-electron chi connectivity index (χ1n) is 8.54. The van der Waals surface area contributed by atoms with Crippen molar-refractivity contribution in [1.82, 2.24) is 5.32 Å². The highest BCUT2D eigenvalue weighted by atomic mass is 79.9. The number of hydrogen-bond acceptors (Lipinski definition) is 3. The summed E-state index contributed by atoms with van der Waals surface area (Å²) in [7, 11) is 0. The van der Waals surface area contributed by atoms with Gasteiger partial charge in [-0.1, -0.05) is 46.3 Å². The topological polar surface area (TPSA) is 87.7 Å². The van der Waals surface area contributed by atoms with Crippen LogP contribution < -0.4 is 15.4 Å². The van der Waals surface area contributed by atoms with Crippen molar-refractivity contribution in [3.8, 4) is 5.75 Å². The van der Waals surface area contributed by atoms with E-state index in [4.69, 9.17) is 9.84 Å². The minimum Gasteiger partial charge on any atom is -0.487 e. The third-order valence-corrected chi connectivity index (χ3v) is 4.60. The number of benzene rings is 2. The van der Waals surface area contributed by atoms with Crippen LogP contribution in [0.4, 0.5) is 28.0 Å². The lowest BCUT2D eigenvalue weighted by molar-refractivity contribution is -0.167. The van der Waals surface area contributed by atoms with Crippen LogP contribution in [0.5, 0.6) is 5.75 Å². The molecule has 11 heteroatoms. The second kappa shape index (κ2) is 9.79. The number of hydrogen-bond donors (Lipinski definition) is 3. The zero-order valence-corrected chi connectivity index (χ0v) is 17.1. The monoisotopic (exact) mass is 492 g/mol. The molecule has 2 amide bonds. The first-order valence-corrected chi connectivity index (χ1v) is 9.33. The average molecular weight is 493 g/mol. The summed E-state index contributed by atoms with van der Waals surface area (Å²) in [4.78, 5) is 22.2. The summed E-state index contributed by atoms with van der Waals surface area (Å²) in [5.41, 5.74) is -0.236. The molecule has 3 N–H and O–H groups in total. The Morgan fingerprint density at radius 2 is 1.87 bits per heavy atom. The second-order valence-electron chi connectivity index (χ2n) is 6.30. The van der Waals surface area contributed by atoms with E-state index in [9.17, 15) is 22.8 Å². The van der Waals surface area contributed by atoms with Crippen LogP contribution in [0.15, 0.2) is 40.9 Å². The standard InChI is InChI=1S/C19H17BrF4N2O4/c1-10(25-18(28)29)7-12-13(20)8-14(30-9-11-5-3-2-4-6-11)16(15(12)21)26-17(27)19(22,23)24/h2-6,8,10,25H,7,9H2,1H3,(H,26,27)(H,28,29)/t10-/m0/s1. The van der Waals surface area contributed by atoms with Crippen LogP contribution in [0.25, 0.3) is 0 Å². The Balaban J connectivity index is 2.41. The van der Waals surface area contributed by atoms with Crippen LogP contribution in [-0.4, -0.2) is 29.3 Å². The van der Waals surface area contributed by atoms with Gasteiger partial charge in [-0.3, -0.25) is 4.79 Å². The van der Waals surface area contributed by atoms with Crippen LogP contribution in [0, 0.1) is 5.82 Å². The maximum absolute atomic E-state index is 15.1. The summed E-state index contributed by atoms with van der Waals surface area (Å²) in [6.45, 7) is 1.37. The van der Waals surface area contributed by atoms with Gasteiger partial charge in [0.05, 0.1) is 0 Å². The molecule has 2 rings (SSSR count). The molecule has 0 radical (unpaired) electrons. The molecule has 0 aromatic heterocycles. The third kappa shape index (κ3) is 6.34. The summed E-state index contributed by atoms with van der Waals surface area (Å²) < 4.78 is 58.9. The van der Waals surface area contributed by atoms with Gasteiger partial charge >= 0.3 is 18.2 Å². The predicted molar refractivity (Wildman–Crippen MR) is 104 cm³/mol. The number of anilines is 1. The molecule has 0 unspecified atom stereocenters. The van der Waals surface area contributed by atoms with Crippen molar-refractivity contribution >= 4 is 33.6 Å². The van der Waals surface area contributed by atoms with Crippen molar-refractivity contribution in [2.75, 3.05) is 5.32 Å². The van der Waals surface area contributed by atoms with Gasteiger partial charge in [-0.2, -0.15) is 13.2 Å². The zero-order chi connectivity index (χ0) is 22.5. The highest BCUT2D eigenvalue weighted by Crippen LogP contribution is 2.37. The summed E-state index contributed by atoms with van der Waals surface area (Å²) in [5.74, 6) is -3.84.